The fraction of sp³-hybridized carbons (Fsp3) is 0.150. The molecule has 1 saturated heterocycles. The average molecular weight is 421 g/mol. The van der Waals surface area contributed by atoms with Gasteiger partial charge < -0.3 is 14.9 Å². The minimum absolute atomic E-state index is 0.0122. The second kappa shape index (κ2) is 7.30. The number of aliphatic hydroxyl groups is 2. The molecule has 0 bridgehead atoms. The molecule has 3 rings (SSSR count). The second-order valence-corrected chi connectivity index (χ2v) is 6.27. The van der Waals surface area contributed by atoms with E-state index >= 15 is 0 Å². The zero-order valence-corrected chi connectivity index (χ0v) is 15.3. The van der Waals surface area contributed by atoms with Gasteiger partial charge in [0.2, 0.25) is 0 Å². The second-order valence-electron chi connectivity index (χ2n) is 6.27. The largest absolute Gasteiger partial charge is 0.507 e. The number of amides is 1. The molecular weight excluding hydrogens is 407 g/mol. The summed E-state index contributed by atoms with van der Waals surface area (Å²) in [7, 11) is 0.842. The number of ether oxygens (including phenoxy) is 1. The minimum Gasteiger partial charge on any atom is -0.507 e. The molecule has 10 heteroatoms. The molecule has 0 spiro atoms. The van der Waals surface area contributed by atoms with Crippen molar-refractivity contribution in [2.24, 2.45) is 0 Å². The van der Waals surface area contributed by atoms with Gasteiger partial charge in [-0.3, -0.25) is 14.5 Å². The number of carbonyl (C=O) groups is 3. The number of carbonyl (C=O) groups excluding carboxylic acids is 3. The molecule has 0 aliphatic carbocycles. The summed E-state index contributed by atoms with van der Waals surface area (Å²) in [6.45, 7) is 0. The van der Waals surface area contributed by atoms with E-state index in [2.05, 4.69) is 4.74 Å². The van der Waals surface area contributed by atoms with Crippen LogP contribution in [0.4, 0.5) is 18.9 Å². The van der Waals surface area contributed by atoms with Crippen LogP contribution in [0.25, 0.3) is 5.76 Å². The molecule has 2 aromatic carbocycles. The normalized spacial score (nSPS) is 21.0. The Bertz CT molecular complexity index is 1060. The summed E-state index contributed by atoms with van der Waals surface area (Å²) in [4.78, 5) is 37.9. The van der Waals surface area contributed by atoms with Crippen molar-refractivity contribution in [2.75, 3.05) is 12.0 Å². The molecule has 0 saturated carbocycles. The summed E-state index contributed by atoms with van der Waals surface area (Å²) in [6.07, 6.45) is -4.79. The summed E-state index contributed by atoms with van der Waals surface area (Å²) in [6, 6.07) is 10.4. The fourth-order valence-electron chi connectivity index (χ4n) is 3.10. The van der Waals surface area contributed by atoms with Gasteiger partial charge in [-0.25, -0.2) is 4.79 Å². The van der Waals surface area contributed by atoms with E-state index in [-0.39, 0.29) is 10.5 Å². The van der Waals surface area contributed by atoms with Gasteiger partial charge in [0, 0.05) is 11.3 Å². The number of ketones is 1. The van der Waals surface area contributed by atoms with Gasteiger partial charge in [0.05, 0.1) is 12.7 Å². The first-order valence-corrected chi connectivity index (χ1v) is 8.39. The van der Waals surface area contributed by atoms with Gasteiger partial charge in [-0.15, -0.1) is 0 Å². The van der Waals surface area contributed by atoms with Crippen LogP contribution in [-0.2, 0) is 25.3 Å². The molecule has 7 nitrogen and oxygen atoms in total. The van der Waals surface area contributed by atoms with Gasteiger partial charge in [0.15, 0.2) is 0 Å². The van der Waals surface area contributed by atoms with E-state index in [1.54, 1.807) is 6.07 Å². The number of halogens is 3. The van der Waals surface area contributed by atoms with Gasteiger partial charge in [-0.1, -0.05) is 36.4 Å². The van der Waals surface area contributed by atoms with Crippen LogP contribution in [0.1, 0.15) is 11.1 Å². The Morgan fingerprint density at radius 2 is 1.70 bits per heavy atom. The lowest BCUT2D eigenvalue weighted by molar-refractivity contribution is -0.158. The first-order valence-electron chi connectivity index (χ1n) is 8.39. The lowest BCUT2D eigenvalue weighted by Crippen LogP contribution is -2.54. The number of hydrogen-bond donors (Lipinski definition) is 2. The number of rotatable bonds is 3. The van der Waals surface area contributed by atoms with Crippen LogP contribution in [0.5, 0.6) is 0 Å². The summed E-state index contributed by atoms with van der Waals surface area (Å²) in [5.41, 5.74) is -6.00. The standard InChI is InChI=1S/C20H14F3NO6/c1-30-18(28)19(29)14(15(25)11-6-3-2-4-7-11)16(26)17(27)24(19)13-9-5-8-12(10-13)20(21,22)23/h2-10,25,29H,1H3. The Hall–Kier alpha value is -3.66. The third-order valence-corrected chi connectivity index (χ3v) is 4.48. The molecule has 1 heterocycles. The lowest BCUT2D eigenvalue weighted by Gasteiger charge is -2.31. The number of methoxy groups -OCH3 is 1. The average Bonchev–Trinajstić information content (AvgIpc) is 2.93. The summed E-state index contributed by atoms with van der Waals surface area (Å²) in [5.74, 6) is -5.42. The van der Waals surface area contributed by atoms with Crippen LogP contribution >= 0.6 is 0 Å². The number of nitrogens with zero attached hydrogens (tertiary/aromatic N) is 1. The maximum absolute atomic E-state index is 13.1. The van der Waals surface area contributed by atoms with Crippen LogP contribution in [0.3, 0.4) is 0 Å². The minimum atomic E-state index is -4.79. The van der Waals surface area contributed by atoms with Gasteiger partial charge in [-0.05, 0) is 18.2 Å². The molecule has 2 N–H and O–H groups in total. The van der Waals surface area contributed by atoms with E-state index in [9.17, 15) is 37.8 Å². The Labute approximate surface area is 167 Å². The van der Waals surface area contributed by atoms with E-state index in [0.717, 1.165) is 19.2 Å². The van der Waals surface area contributed by atoms with Crippen LogP contribution in [-0.4, -0.2) is 40.7 Å². The van der Waals surface area contributed by atoms with E-state index in [0.29, 0.717) is 12.1 Å². The quantitative estimate of drug-likeness (QED) is 0.342. The maximum Gasteiger partial charge on any atom is 0.416 e. The highest BCUT2D eigenvalue weighted by Crippen LogP contribution is 2.41. The molecule has 1 aliphatic rings. The highest BCUT2D eigenvalue weighted by atomic mass is 19.4. The summed E-state index contributed by atoms with van der Waals surface area (Å²) in [5, 5.41) is 21.7. The lowest BCUT2D eigenvalue weighted by atomic mass is 9.97. The molecule has 1 atom stereocenters. The van der Waals surface area contributed by atoms with Crippen molar-refractivity contribution < 1.29 is 42.5 Å². The number of anilines is 1. The van der Waals surface area contributed by atoms with E-state index < -0.39 is 52.1 Å². The highest BCUT2D eigenvalue weighted by molar-refractivity contribution is 6.54. The van der Waals surface area contributed by atoms with Crippen molar-refractivity contribution in [3.8, 4) is 0 Å². The van der Waals surface area contributed by atoms with Crippen LogP contribution in [0.2, 0.25) is 0 Å². The molecule has 156 valence electrons. The van der Waals surface area contributed by atoms with Crippen LogP contribution in [0.15, 0.2) is 60.2 Å². The number of aliphatic hydroxyl groups excluding tert-OH is 1. The Morgan fingerprint density at radius 1 is 1.07 bits per heavy atom. The Balaban J connectivity index is 2.29. The predicted molar refractivity (Wildman–Crippen MR) is 96.9 cm³/mol. The van der Waals surface area contributed by atoms with Crippen molar-refractivity contribution >= 4 is 29.1 Å². The highest BCUT2D eigenvalue weighted by Gasteiger charge is 2.62. The molecule has 1 amide bonds. The Kier molecular flexibility index (Phi) is 5.13. The van der Waals surface area contributed by atoms with Gasteiger partial charge in [-0.2, -0.15) is 13.2 Å². The van der Waals surface area contributed by atoms with Crippen molar-refractivity contribution in [3.63, 3.8) is 0 Å². The molecule has 1 aliphatic heterocycles. The third kappa shape index (κ3) is 3.20. The zero-order valence-electron chi connectivity index (χ0n) is 15.3. The smallest absolute Gasteiger partial charge is 0.416 e. The maximum atomic E-state index is 13.1. The number of hydrogen-bond acceptors (Lipinski definition) is 6. The van der Waals surface area contributed by atoms with E-state index in [1.165, 1.54) is 24.3 Å². The van der Waals surface area contributed by atoms with Gasteiger partial charge in [0.25, 0.3) is 11.5 Å². The third-order valence-electron chi connectivity index (χ3n) is 4.48. The van der Waals surface area contributed by atoms with Crippen molar-refractivity contribution in [1.29, 1.82) is 0 Å². The summed E-state index contributed by atoms with van der Waals surface area (Å²) < 4.78 is 43.8. The van der Waals surface area contributed by atoms with Crippen molar-refractivity contribution in [1.82, 2.24) is 0 Å². The molecule has 30 heavy (non-hydrogen) atoms. The SMILES string of the molecule is COC(=O)C1(O)C(=C(O)c2ccccc2)C(=O)C(=O)N1c1cccc(C(F)(F)F)c1. The molecular formula is C20H14F3NO6. The van der Waals surface area contributed by atoms with Gasteiger partial charge in [0.1, 0.15) is 11.3 Å². The number of esters is 1. The van der Waals surface area contributed by atoms with Crippen LogP contribution < -0.4 is 4.90 Å². The Morgan fingerprint density at radius 3 is 2.27 bits per heavy atom. The fourth-order valence-corrected chi connectivity index (χ4v) is 3.10. The van der Waals surface area contributed by atoms with Gasteiger partial charge >= 0.3 is 18.1 Å². The predicted octanol–water partition coefficient (Wildman–Crippen LogP) is 2.45. The summed E-state index contributed by atoms with van der Waals surface area (Å²) >= 11 is 0. The monoisotopic (exact) mass is 421 g/mol. The number of benzene rings is 2. The number of Topliss-reactive ketones (excluding diaryl/α,β-unsaturated/α-hetero) is 1. The topological polar surface area (TPSA) is 104 Å². The first kappa shape index (κ1) is 21.1. The molecule has 1 unspecified atom stereocenters. The van der Waals surface area contributed by atoms with Crippen molar-refractivity contribution in [3.05, 3.63) is 71.3 Å². The molecule has 2 aromatic rings. The molecule has 0 aromatic heterocycles. The van der Waals surface area contributed by atoms with E-state index in [4.69, 9.17) is 0 Å². The van der Waals surface area contributed by atoms with E-state index in [1.807, 2.05) is 0 Å². The number of alkyl halides is 3. The van der Waals surface area contributed by atoms with Crippen molar-refractivity contribution in [2.45, 2.75) is 11.9 Å². The van der Waals surface area contributed by atoms with Crippen LogP contribution in [0, 0.1) is 0 Å². The molecule has 0 radical (unpaired) electrons. The molecule has 1 fully saturated rings. The first-order chi connectivity index (χ1) is 14.0. The zero-order chi connectivity index (χ0) is 22.3.